The van der Waals surface area contributed by atoms with E-state index in [1.165, 1.54) is 0 Å². The Kier molecular flexibility index (Phi) is 0.978. The van der Waals surface area contributed by atoms with E-state index < -0.39 is 0 Å². The summed E-state index contributed by atoms with van der Waals surface area (Å²) in [5.74, 6) is 0. The van der Waals surface area contributed by atoms with Crippen LogP contribution in [0.2, 0.25) is 0 Å². The molecule has 7 heavy (non-hydrogen) atoms. The molecule has 0 N–H and O–H groups in total. The smallest absolute Gasteiger partial charge is 0.117 e. The van der Waals surface area contributed by atoms with Gasteiger partial charge in [-0.25, -0.2) is 0 Å². The summed E-state index contributed by atoms with van der Waals surface area (Å²) >= 11 is 0. The fourth-order valence-corrected chi connectivity index (χ4v) is 0.270. The van der Waals surface area contributed by atoms with E-state index in [1.807, 2.05) is 6.92 Å². The molecule has 3 heteroatoms. The van der Waals surface area contributed by atoms with Gasteiger partial charge in [0.15, 0.2) is 0 Å². The molecule has 0 unspecified atom stereocenters. The van der Waals surface area contributed by atoms with Crippen LogP contribution in [0.25, 0.3) is 0 Å². The lowest BCUT2D eigenvalue weighted by atomic mass is 10.5. The fourth-order valence-electron chi connectivity index (χ4n) is 0.270. The third kappa shape index (κ3) is 0.924. The fraction of sp³-hybridized carbons (Fsp3) is 0.250. The Morgan fingerprint density at radius 2 is 2.57 bits per heavy atom. The molecule has 1 aromatic heterocycles. The molecule has 0 amide bonds. The molecule has 35 valence electrons. The van der Waals surface area contributed by atoms with E-state index in [-0.39, 0.29) is 0 Å². The maximum absolute atomic E-state index is 3.59. The lowest BCUT2D eigenvalue weighted by molar-refractivity contribution is 0.834. The second-order valence-electron chi connectivity index (χ2n) is 1.20. The monoisotopic (exact) mass is 94.0 g/mol. The average Bonchev–Trinajstić information content (AvgIpc) is 1.69. The molecule has 0 atom stereocenters. The highest BCUT2D eigenvalue weighted by Gasteiger charge is 1.77. The zero-order chi connectivity index (χ0) is 5.11. The van der Waals surface area contributed by atoms with Crippen LogP contribution in [-0.2, 0) is 0 Å². The van der Waals surface area contributed by atoms with Crippen LogP contribution in [0.15, 0.2) is 6.07 Å². The minimum Gasteiger partial charge on any atom is -0.136 e. The zero-order valence-corrected chi connectivity index (χ0v) is 3.92. The highest BCUT2D eigenvalue weighted by molar-refractivity contribution is 4.88. The molecule has 1 heterocycles. The average molecular weight is 94.1 g/mol. The largest absolute Gasteiger partial charge is 0.136 e. The van der Waals surface area contributed by atoms with Crippen LogP contribution in [0.5, 0.6) is 0 Å². The standard InChI is InChI=1S/C4H4N3/c1-4-2-3-5-7-6-4/h2H,1H3. The molecule has 3 nitrogen and oxygen atoms in total. The van der Waals surface area contributed by atoms with Crippen LogP contribution in [0.4, 0.5) is 0 Å². The Morgan fingerprint density at radius 3 is 2.86 bits per heavy atom. The lowest BCUT2D eigenvalue weighted by Crippen LogP contribution is -1.86. The first-order valence-corrected chi connectivity index (χ1v) is 1.92. The number of aryl methyl sites for hydroxylation is 1. The van der Waals surface area contributed by atoms with Gasteiger partial charge < -0.3 is 0 Å². The molecular formula is C4H4N3. The van der Waals surface area contributed by atoms with E-state index >= 15 is 0 Å². The summed E-state index contributed by atoms with van der Waals surface area (Å²) in [6.45, 7) is 1.84. The minimum atomic E-state index is 0.843. The van der Waals surface area contributed by atoms with Gasteiger partial charge in [-0.3, -0.25) is 0 Å². The molecule has 0 aliphatic carbocycles. The first kappa shape index (κ1) is 4.18. The van der Waals surface area contributed by atoms with Crippen molar-refractivity contribution in [1.82, 2.24) is 15.4 Å². The molecule has 0 aromatic carbocycles. The van der Waals surface area contributed by atoms with E-state index in [0.717, 1.165) is 5.69 Å². The van der Waals surface area contributed by atoms with Gasteiger partial charge in [0.1, 0.15) is 6.20 Å². The summed E-state index contributed by atoms with van der Waals surface area (Å²) in [6, 6.07) is 1.67. The normalized spacial score (nSPS) is 8.71. The Balaban J connectivity index is 3.02. The van der Waals surface area contributed by atoms with Crippen LogP contribution < -0.4 is 0 Å². The number of aromatic nitrogens is 3. The van der Waals surface area contributed by atoms with Gasteiger partial charge in [-0.05, 0) is 18.2 Å². The van der Waals surface area contributed by atoms with Gasteiger partial charge >= 0.3 is 0 Å². The summed E-state index contributed by atoms with van der Waals surface area (Å²) in [7, 11) is 0. The van der Waals surface area contributed by atoms with Gasteiger partial charge in [-0.2, -0.15) is 0 Å². The van der Waals surface area contributed by atoms with E-state index in [2.05, 4.69) is 21.6 Å². The predicted molar refractivity (Wildman–Crippen MR) is 23.4 cm³/mol. The summed E-state index contributed by atoms with van der Waals surface area (Å²) in [5, 5.41) is 10.3. The number of rotatable bonds is 0. The molecule has 0 saturated carbocycles. The lowest BCUT2D eigenvalue weighted by Gasteiger charge is -1.78. The second-order valence-corrected chi connectivity index (χ2v) is 1.20. The number of hydrogen-bond acceptors (Lipinski definition) is 3. The Hall–Kier alpha value is -0.990. The summed E-state index contributed by atoms with van der Waals surface area (Å²) in [6.07, 6.45) is 2.54. The van der Waals surface area contributed by atoms with E-state index in [1.54, 1.807) is 6.07 Å². The quantitative estimate of drug-likeness (QED) is 0.453. The molecule has 1 aromatic rings. The van der Waals surface area contributed by atoms with Gasteiger partial charge in [0.25, 0.3) is 0 Å². The highest BCUT2D eigenvalue weighted by Crippen LogP contribution is 1.78. The van der Waals surface area contributed by atoms with Crippen molar-refractivity contribution in [1.29, 1.82) is 0 Å². The highest BCUT2D eigenvalue weighted by atomic mass is 15.3. The van der Waals surface area contributed by atoms with E-state index in [4.69, 9.17) is 0 Å². The van der Waals surface area contributed by atoms with E-state index in [9.17, 15) is 0 Å². The molecule has 0 fully saturated rings. The van der Waals surface area contributed by atoms with Crippen LogP contribution in [0.3, 0.4) is 0 Å². The first-order valence-electron chi connectivity index (χ1n) is 1.92. The van der Waals surface area contributed by atoms with Gasteiger partial charge in [0.05, 0.1) is 5.69 Å². The SMILES string of the molecule is Cc1c[c]nnn1. The number of hydrogen-bond donors (Lipinski definition) is 0. The molecule has 1 radical (unpaired) electrons. The first-order chi connectivity index (χ1) is 3.39. The Morgan fingerprint density at radius 1 is 1.71 bits per heavy atom. The van der Waals surface area contributed by atoms with Crippen LogP contribution in [0.1, 0.15) is 5.69 Å². The van der Waals surface area contributed by atoms with Crippen molar-refractivity contribution in [3.05, 3.63) is 18.0 Å². The van der Waals surface area contributed by atoms with Gasteiger partial charge in [-0.1, -0.05) is 0 Å². The number of nitrogens with zero attached hydrogens (tertiary/aromatic N) is 3. The molecule has 0 saturated heterocycles. The third-order valence-electron chi connectivity index (χ3n) is 0.578. The second kappa shape index (κ2) is 1.64. The summed E-state index contributed by atoms with van der Waals surface area (Å²) in [4.78, 5) is 0. The van der Waals surface area contributed by atoms with Crippen molar-refractivity contribution in [2.45, 2.75) is 6.92 Å². The van der Waals surface area contributed by atoms with Crippen LogP contribution in [0, 0.1) is 13.1 Å². The summed E-state index contributed by atoms with van der Waals surface area (Å²) < 4.78 is 0. The maximum atomic E-state index is 3.59. The van der Waals surface area contributed by atoms with Crippen molar-refractivity contribution >= 4 is 0 Å². The molecule has 1 rings (SSSR count). The Bertz CT molecular complexity index is 137. The van der Waals surface area contributed by atoms with Crippen molar-refractivity contribution in [3.8, 4) is 0 Å². The summed E-state index contributed by atoms with van der Waals surface area (Å²) in [5.41, 5.74) is 0.843. The Labute approximate surface area is 41.4 Å². The van der Waals surface area contributed by atoms with Crippen molar-refractivity contribution < 1.29 is 0 Å². The third-order valence-corrected chi connectivity index (χ3v) is 0.578. The van der Waals surface area contributed by atoms with Gasteiger partial charge in [0.2, 0.25) is 0 Å². The molecule has 0 aliphatic rings. The van der Waals surface area contributed by atoms with Gasteiger partial charge in [-0.15, -0.1) is 10.2 Å². The van der Waals surface area contributed by atoms with Crippen molar-refractivity contribution in [3.63, 3.8) is 0 Å². The van der Waals surface area contributed by atoms with Gasteiger partial charge in [0, 0.05) is 0 Å². The van der Waals surface area contributed by atoms with Crippen molar-refractivity contribution in [2.24, 2.45) is 0 Å². The molecule has 0 bridgehead atoms. The maximum Gasteiger partial charge on any atom is 0.117 e. The topological polar surface area (TPSA) is 38.7 Å². The van der Waals surface area contributed by atoms with Crippen molar-refractivity contribution in [2.75, 3.05) is 0 Å². The van der Waals surface area contributed by atoms with Crippen LogP contribution >= 0.6 is 0 Å². The molecule has 0 spiro atoms. The zero-order valence-electron chi connectivity index (χ0n) is 3.92. The molecule has 0 aliphatic heterocycles. The minimum absolute atomic E-state index is 0.843. The molecular weight excluding hydrogens is 90.1 g/mol. The van der Waals surface area contributed by atoms with Crippen LogP contribution in [-0.4, -0.2) is 15.4 Å². The van der Waals surface area contributed by atoms with E-state index in [0.29, 0.717) is 0 Å². The predicted octanol–water partition coefficient (Wildman–Crippen LogP) is -0.0198.